The molecule has 0 aliphatic heterocycles. The first kappa shape index (κ1) is 13.6. The van der Waals surface area contributed by atoms with Gasteiger partial charge in [-0.3, -0.25) is 0 Å². The maximum absolute atomic E-state index is 10.3. The monoisotopic (exact) mass is 247 g/mol. The number of rotatable bonds is 5. The number of likely N-dealkylation sites (N-methyl/N-ethyl adjacent to an activating group) is 1. The summed E-state index contributed by atoms with van der Waals surface area (Å²) in [6.45, 7) is 7.02. The number of hydrogen-bond acceptors (Lipinski definition) is 2. The van der Waals surface area contributed by atoms with E-state index in [-0.39, 0.29) is 6.10 Å². The van der Waals surface area contributed by atoms with E-state index in [2.05, 4.69) is 36.9 Å². The van der Waals surface area contributed by atoms with Crippen LogP contribution >= 0.6 is 0 Å². The third kappa shape index (κ3) is 3.12. The molecule has 1 N–H and O–H groups in total. The molecule has 0 spiro atoms. The lowest BCUT2D eigenvalue weighted by atomic mass is 9.89. The Morgan fingerprint density at radius 1 is 1.11 bits per heavy atom. The Morgan fingerprint density at radius 2 is 1.78 bits per heavy atom. The van der Waals surface area contributed by atoms with Crippen LogP contribution in [0.15, 0.2) is 18.2 Å². The fourth-order valence-electron chi connectivity index (χ4n) is 2.79. The summed E-state index contributed by atoms with van der Waals surface area (Å²) in [7, 11) is 0. The van der Waals surface area contributed by atoms with Crippen LogP contribution in [0.2, 0.25) is 0 Å². The molecule has 2 rings (SSSR count). The molecule has 1 aromatic carbocycles. The Morgan fingerprint density at radius 3 is 2.44 bits per heavy atom. The molecule has 0 amide bonds. The predicted octanol–water partition coefficient (Wildman–Crippen LogP) is 2.94. The number of nitrogens with zero attached hydrogens (tertiary/aromatic N) is 1. The summed E-state index contributed by atoms with van der Waals surface area (Å²) in [5.74, 6) is 0. The van der Waals surface area contributed by atoms with Crippen molar-refractivity contribution in [1.29, 1.82) is 0 Å². The maximum Gasteiger partial charge on any atom is 0.0917 e. The van der Waals surface area contributed by atoms with Crippen molar-refractivity contribution in [1.82, 2.24) is 4.90 Å². The fourth-order valence-corrected chi connectivity index (χ4v) is 2.79. The summed E-state index contributed by atoms with van der Waals surface area (Å²) in [4.78, 5) is 2.27. The van der Waals surface area contributed by atoms with Crippen molar-refractivity contribution >= 4 is 0 Å². The van der Waals surface area contributed by atoms with Crippen LogP contribution in [0.1, 0.15) is 49.5 Å². The van der Waals surface area contributed by atoms with E-state index in [0.717, 1.165) is 25.2 Å². The van der Waals surface area contributed by atoms with E-state index in [0.29, 0.717) is 0 Å². The molecule has 2 heteroatoms. The third-order valence-electron chi connectivity index (χ3n) is 4.08. The minimum Gasteiger partial charge on any atom is -0.387 e. The van der Waals surface area contributed by atoms with Gasteiger partial charge in [0.25, 0.3) is 0 Å². The lowest BCUT2D eigenvalue weighted by Gasteiger charge is -2.23. The molecule has 18 heavy (non-hydrogen) atoms. The van der Waals surface area contributed by atoms with E-state index in [9.17, 15) is 5.11 Å². The smallest absolute Gasteiger partial charge is 0.0917 e. The van der Waals surface area contributed by atoms with Crippen LogP contribution in [0.3, 0.4) is 0 Å². The second-order valence-corrected chi connectivity index (χ2v) is 5.24. The van der Waals surface area contributed by atoms with Gasteiger partial charge in [0.2, 0.25) is 0 Å². The van der Waals surface area contributed by atoms with Gasteiger partial charge in [-0.15, -0.1) is 0 Å². The first-order valence-corrected chi connectivity index (χ1v) is 7.26. The molecule has 0 saturated carbocycles. The molecular formula is C16H25NO. The summed E-state index contributed by atoms with van der Waals surface area (Å²) < 4.78 is 0. The van der Waals surface area contributed by atoms with E-state index < -0.39 is 0 Å². The Kier molecular flexibility index (Phi) is 4.79. The fraction of sp³-hybridized carbons (Fsp3) is 0.625. The summed E-state index contributed by atoms with van der Waals surface area (Å²) in [5, 5.41) is 10.3. The average molecular weight is 247 g/mol. The van der Waals surface area contributed by atoms with Gasteiger partial charge >= 0.3 is 0 Å². The molecule has 0 saturated heterocycles. The second kappa shape index (κ2) is 6.35. The molecule has 1 aliphatic rings. The Hall–Kier alpha value is -0.860. The molecule has 1 unspecified atom stereocenters. The lowest BCUT2D eigenvalue weighted by molar-refractivity contribution is 0.119. The topological polar surface area (TPSA) is 23.5 Å². The zero-order chi connectivity index (χ0) is 13.0. The largest absolute Gasteiger partial charge is 0.387 e. The standard InChI is InChI=1S/C16H25NO/c1-3-17(4-2)12-16(18)15-10-9-13-7-5-6-8-14(13)11-15/h9-11,16,18H,3-8,12H2,1-2H3. The SMILES string of the molecule is CCN(CC)CC(O)c1ccc2c(c1)CCCC2. The van der Waals surface area contributed by atoms with Crippen LogP contribution in [-0.2, 0) is 12.8 Å². The Labute approximate surface area is 111 Å². The average Bonchev–Trinajstić information content (AvgIpc) is 2.44. The van der Waals surface area contributed by atoms with Gasteiger partial charge in [-0.25, -0.2) is 0 Å². The highest BCUT2D eigenvalue weighted by Crippen LogP contribution is 2.25. The quantitative estimate of drug-likeness (QED) is 0.864. The minimum atomic E-state index is -0.350. The number of aliphatic hydroxyl groups excluding tert-OH is 1. The molecule has 1 atom stereocenters. The van der Waals surface area contributed by atoms with E-state index in [1.807, 2.05) is 0 Å². The summed E-state index contributed by atoms with van der Waals surface area (Å²) in [6.07, 6.45) is 4.65. The number of fused-ring (bicyclic) bond motifs is 1. The molecule has 0 radical (unpaired) electrons. The molecule has 1 aliphatic carbocycles. The number of aryl methyl sites for hydroxylation is 2. The molecule has 0 bridgehead atoms. The predicted molar refractivity (Wildman–Crippen MR) is 75.8 cm³/mol. The van der Waals surface area contributed by atoms with E-state index >= 15 is 0 Å². The normalized spacial score (nSPS) is 16.7. The van der Waals surface area contributed by atoms with E-state index in [1.54, 1.807) is 0 Å². The van der Waals surface area contributed by atoms with Crippen LogP contribution < -0.4 is 0 Å². The van der Waals surface area contributed by atoms with Gasteiger partial charge in [0.1, 0.15) is 0 Å². The maximum atomic E-state index is 10.3. The van der Waals surface area contributed by atoms with E-state index in [1.165, 1.54) is 36.8 Å². The number of aliphatic hydroxyl groups is 1. The zero-order valence-corrected chi connectivity index (χ0v) is 11.7. The highest BCUT2D eigenvalue weighted by molar-refractivity contribution is 5.34. The highest BCUT2D eigenvalue weighted by Gasteiger charge is 2.15. The first-order valence-electron chi connectivity index (χ1n) is 7.26. The molecule has 0 heterocycles. The van der Waals surface area contributed by atoms with Crippen LogP contribution in [0, 0.1) is 0 Å². The van der Waals surface area contributed by atoms with Crippen LogP contribution in [0.5, 0.6) is 0 Å². The van der Waals surface area contributed by atoms with Gasteiger partial charge in [-0.1, -0.05) is 32.0 Å². The van der Waals surface area contributed by atoms with Crippen LogP contribution in [0.25, 0.3) is 0 Å². The van der Waals surface area contributed by atoms with Crippen molar-refractivity contribution in [2.24, 2.45) is 0 Å². The summed E-state index contributed by atoms with van der Waals surface area (Å²) >= 11 is 0. The van der Waals surface area contributed by atoms with E-state index in [4.69, 9.17) is 0 Å². The van der Waals surface area contributed by atoms with Gasteiger partial charge in [-0.05, 0) is 55.5 Å². The molecule has 100 valence electrons. The Bertz CT molecular complexity index is 385. The number of benzene rings is 1. The van der Waals surface area contributed by atoms with Crippen molar-refractivity contribution in [3.8, 4) is 0 Å². The Balaban J connectivity index is 2.08. The second-order valence-electron chi connectivity index (χ2n) is 5.24. The number of hydrogen-bond donors (Lipinski definition) is 1. The van der Waals surface area contributed by atoms with Gasteiger partial charge in [0.05, 0.1) is 6.10 Å². The van der Waals surface area contributed by atoms with Crippen molar-refractivity contribution < 1.29 is 5.11 Å². The van der Waals surface area contributed by atoms with Gasteiger partial charge in [-0.2, -0.15) is 0 Å². The van der Waals surface area contributed by atoms with Gasteiger partial charge in [0, 0.05) is 6.54 Å². The van der Waals surface area contributed by atoms with Crippen LogP contribution in [-0.4, -0.2) is 29.6 Å². The molecule has 0 aromatic heterocycles. The van der Waals surface area contributed by atoms with Crippen LogP contribution in [0.4, 0.5) is 0 Å². The highest BCUT2D eigenvalue weighted by atomic mass is 16.3. The molecule has 0 fully saturated rings. The molecule has 1 aromatic rings. The molecule has 2 nitrogen and oxygen atoms in total. The van der Waals surface area contributed by atoms with Crippen molar-refractivity contribution in [2.75, 3.05) is 19.6 Å². The summed E-state index contributed by atoms with van der Waals surface area (Å²) in [5.41, 5.74) is 4.03. The molecular weight excluding hydrogens is 222 g/mol. The van der Waals surface area contributed by atoms with Gasteiger partial charge < -0.3 is 10.0 Å². The third-order valence-corrected chi connectivity index (χ3v) is 4.08. The lowest BCUT2D eigenvalue weighted by Crippen LogP contribution is -2.28. The van der Waals surface area contributed by atoms with Crippen molar-refractivity contribution in [3.63, 3.8) is 0 Å². The zero-order valence-electron chi connectivity index (χ0n) is 11.7. The van der Waals surface area contributed by atoms with Crippen molar-refractivity contribution in [2.45, 2.75) is 45.6 Å². The minimum absolute atomic E-state index is 0.350. The summed E-state index contributed by atoms with van der Waals surface area (Å²) in [6, 6.07) is 6.55. The van der Waals surface area contributed by atoms with Gasteiger partial charge in [0.15, 0.2) is 0 Å². The van der Waals surface area contributed by atoms with Crippen molar-refractivity contribution in [3.05, 3.63) is 34.9 Å². The first-order chi connectivity index (χ1) is 8.74.